The van der Waals surface area contributed by atoms with Crippen molar-refractivity contribution in [1.29, 1.82) is 0 Å². The summed E-state index contributed by atoms with van der Waals surface area (Å²) in [5.74, 6) is -0.433. The van der Waals surface area contributed by atoms with Crippen molar-refractivity contribution in [3.05, 3.63) is 17.2 Å². The van der Waals surface area contributed by atoms with E-state index in [1.807, 2.05) is 27.7 Å². The lowest BCUT2D eigenvalue weighted by atomic mass is 9.80. The van der Waals surface area contributed by atoms with Crippen molar-refractivity contribution in [1.82, 2.24) is 4.98 Å². The number of aromatic nitrogens is 1. The van der Waals surface area contributed by atoms with Gasteiger partial charge in [-0.15, -0.1) is 0 Å². The molecule has 0 amide bonds. The van der Waals surface area contributed by atoms with Crippen LogP contribution < -0.4 is 10.2 Å². The van der Waals surface area contributed by atoms with Crippen LogP contribution in [0.1, 0.15) is 27.7 Å². The van der Waals surface area contributed by atoms with Gasteiger partial charge in [-0.2, -0.15) is 4.39 Å². The molecule has 0 unspecified atom stereocenters. The second kappa shape index (κ2) is 4.61. The molecule has 1 aromatic heterocycles. The quantitative estimate of drug-likeness (QED) is 0.617. The predicted molar refractivity (Wildman–Crippen MR) is 71.5 cm³/mol. The van der Waals surface area contributed by atoms with Crippen LogP contribution >= 0.6 is 11.6 Å². The SMILES string of the molecule is COc1cc(B2OC(C)(C)C(C)(C)O2)c(F)nc1Cl. The molecule has 2 heterocycles. The molecule has 19 heavy (non-hydrogen) atoms. The minimum atomic E-state index is -0.830. The molecule has 1 aliphatic heterocycles. The lowest BCUT2D eigenvalue weighted by Crippen LogP contribution is -2.41. The molecule has 0 spiro atoms. The molecule has 2 rings (SSSR count). The molecule has 1 saturated heterocycles. The highest BCUT2D eigenvalue weighted by Crippen LogP contribution is 2.37. The summed E-state index contributed by atoms with van der Waals surface area (Å²) in [6, 6.07) is 1.45. The van der Waals surface area contributed by atoms with Crippen LogP contribution in [-0.2, 0) is 9.31 Å². The summed E-state index contributed by atoms with van der Waals surface area (Å²) in [7, 11) is 0.609. The molecule has 0 atom stereocenters. The summed E-state index contributed by atoms with van der Waals surface area (Å²) in [5.41, 5.74) is -0.909. The van der Waals surface area contributed by atoms with Crippen LogP contribution in [0.25, 0.3) is 0 Å². The van der Waals surface area contributed by atoms with E-state index >= 15 is 0 Å². The Labute approximate surface area is 117 Å². The monoisotopic (exact) mass is 287 g/mol. The summed E-state index contributed by atoms with van der Waals surface area (Å²) in [4.78, 5) is 3.60. The Morgan fingerprint density at radius 3 is 2.26 bits per heavy atom. The van der Waals surface area contributed by atoms with E-state index in [1.165, 1.54) is 13.2 Å². The smallest absolute Gasteiger partial charge is 0.494 e. The first-order valence-electron chi connectivity index (χ1n) is 5.93. The summed E-state index contributed by atoms with van der Waals surface area (Å²) in [5, 5.41) is -0.0275. The highest BCUT2D eigenvalue weighted by molar-refractivity contribution is 6.62. The van der Waals surface area contributed by atoms with E-state index in [-0.39, 0.29) is 16.4 Å². The molecular formula is C12H16BClFNO3. The summed E-state index contributed by atoms with van der Waals surface area (Å²) in [6.07, 6.45) is 0. The zero-order valence-electron chi connectivity index (χ0n) is 11.6. The van der Waals surface area contributed by atoms with Crippen LogP contribution in [0.15, 0.2) is 6.07 Å². The van der Waals surface area contributed by atoms with Gasteiger partial charge >= 0.3 is 7.12 Å². The van der Waals surface area contributed by atoms with Gasteiger partial charge in [0.15, 0.2) is 10.9 Å². The van der Waals surface area contributed by atoms with Gasteiger partial charge in [-0.3, -0.25) is 0 Å². The molecule has 1 fully saturated rings. The minimum absolute atomic E-state index is 0.0275. The van der Waals surface area contributed by atoms with Crippen molar-refractivity contribution < 1.29 is 18.4 Å². The lowest BCUT2D eigenvalue weighted by molar-refractivity contribution is 0.00578. The van der Waals surface area contributed by atoms with Gasteiger partial charge in [-0.05, 0) is 33.8 Å². The zero-order chi connectivity index (χ0) is 14.4. The van der Waals surface area contributed by atoms with E-state index in [1.54, 1.807) is 0 Å². The number of pyridine rings is 1. The van der Waals surface area contributed by atoms with Crippen LogP contribution in [0, 0.1) is 5.95 Å². The fourth-order valence-electron chi connectivity index (χ4n) is 1.74. The van der Waals surface area contributed by atoms with Crippen LogP contribution in [0.5, 0.6) is 5.75 Å². The maximum atomic E-state index is 13.9. The number of ether oxygens (including phenoxy) is 1. The average molecular weight is 288 g/mol. The number of hydrogen-bond acceptors (Lipinski definition) is 4. The Morgan fingerprint density at radius 2 is 1.79 bits per heavy atom. The van der Waals surface area contributed by atoms with E-state index in [9.17, 15) is 4.39 Å². The Balaban J connectivity index is 2.39. The van der Waals surface area contributed by atoms with Gasteiger partial charge in [0.05, 0.1) is 18.3 Å². The molecule has 0 saturated carbocycles. The van der Waals surface area contributed by atoms with E-state index in [2.05, 4.69) is 4.98 Å². The van der Waals surface area contributed by atoms with Crippen LogP contribution in [0.2, 0.25) is 5.15 Å². The van der Waals surface area contributed by atoms with E-state index in [4.69, 9.17) is 25.6 Å². The third kappa shape index (κ3) is 2.44. The minimum Gasteiger partial charge on any atom is -0.494 e. The Bertz CT molecular complexity index is 494. The van der Waals surface area contributed by atoms with Crippen molar-refractivity contribution >= 4 is 24.2 Å². The molecular weight excluding hydrogens is 271 g/mol. The largest absolute Gasteiger partial charge is 0.499 e. The van der Waals surface area contributed by atoms with Crippen LogP contribution in [0.4, 0.5) is 4.39 Å². The predicted octanol–water partition coefficient (Wildman–Crippen LogP) is 2.18. The third-order valence-electron chi connectivity index (χ3n) is 3.65. The fraction of sp³-hybridized carbons (Fsp3) is 0.583. The first-order chi connectivity index (χ1) is 8.68. The Kier molecular flexibility index (Phi) is 3.54. The standard InChI is InChI=1S/C12H16BClFNO3/c1-11(2)12(3,4)19-13(18-11)7-6-8(17-5)9(14)16-10(7)15/h6H,1-5H3. The van der Waals surface area contributed by atoms with E-state index in [0.29, 0.717) is 0 Å². The van der Waals surface area contributed by atoms with Crippen molar-refractivity contribution in [2.24, 2.45) is 0 Å². The molecule has 7 heteroatoms. The molecule has 0 aliphatic carbocycles. The number of nitrogens with zero attached hydrogens (tertiary/aromatic N) is 1. The van der Waals surface area contributed by atoms with E-state index in [0.717, 1.165) is 0 Å². The number of rotatable bonds is 2. The summed E-state index contributed by atoms with van der Waals surface area (Å²) in [6.45, 7) is 7.58. The van der Waals surface area contributed by atoms with Gasteiger partial charge in [-0.25, -0.2) is 4.98 Å². The summed E-state index contributed by atoms with van der Waals surface area (Å²) < 4.78 is 30.5. The van der Waals surface area contributed by atoms with E-state index < -0.39 is 24.3 Å². The van der Waals surface area contributed by atoms with Gasteiger partial charge in [0.1, 0.15) is 0 Å². The topological polar surface area (TPSA) is 40.6 Å². The molecule has 1 aliphatic rings. The maximum absolute atomic E-state index is 13.9. The number of hydrogen-bond donors (Lipinski definition) is 0. The highest BCUT2D eigenvalue weighted by atomic mass is 35.5. The van der Waals surface area contributed by atoms with Gasteiger partial charge in [0.2, 0.25) is 5.95 Å². The average Bonchev–Trinajstić information content (AvgIpc) is 2.48. The summed E-state index contributed by atoms with van der Waals surface area (Å²) >= 11 is 5.76. The molecule has 1 aromatic rings. The van der Waals surface area contributed by atoms with Gasteiger partial charge in [0.25, 0.3) is 0 Å². The third-order valence-corrected chi connectivity index (χ3v) is 3.92. The molecule has 4 nitrogen and oxygen atoms in total. The molecule has 0 bridgehead atoms. The Hall–Kier alpha value is -0.845. The van der Waals surface area contributed by atoms with Crippen molar-refractivity contribution in [2.45, 2.75) is 38.9 Å². The van der Waals surface area contributed by atoms with Gasteiger partial charge in [0, 0.05) is 5.46 Å². The molecule has 0 radical (unpaired) electrons. The van der Waals surface area contributed by atoms with Crippen molar-refractivity contribution in [3.63, 3.8) is 0 Å². The molecule has 104 valence electrons. The van der Waals surface area contributed by atoms with Crippen molar-refractivity contribution in [3.8, 4) is 5.75 Å². The first-order valence-corrected chi connectivity index (χ1v) is 6.31. The fourth-order valence-corrected chi connectivity index (χ4v) is 1.95. The highest BCUT2D eigenvalue weighted by Gasteiger charge is 2.52. The second-order valence-electron chi connectivity index (χ2n) is 5.45. The maximum Gasteiger partial charge on any atom is 0.499 e. The first kappa shape index (κ1) is 14.6. The molecule has 0 N–H and O–H groups in total. The lowest BCUT2D eigenvalue weighted by Gasteiger charge is -2.32. The normalized spacial score (nSPS) is 20.7. The van der Waals surface area contributed by atoms with Gasteiger partial charge in [-0.1, -0.05) is 11.6 Å². The number of halogens is 2. The number of methoxy groups -OCH3 is 1. The van der Waals surface area contributed by atoms with Crippen molar-refractivity contribution in [2.75, 3.05) is 7.11 Å². The van der Waals surface area contributed by atoms with Crippen LogP contribution in [-0.4, -0.2) is 30.4 Å². The van der Waals surface area contributed by atoms with Gasteiger partial charge < -0.3 is 14.0 Å². The molecule has 0 aromatic carbocycles. The Morgan fingerprint density at radius 1 is 1.26 bits per heavy atom. The zero-order valence-corrected chi connectivity index (χ0v) is 12.3. The van der Waals surface area contributed by atoms with Crippen LogP contribution in [0.3, 0.4) is 0 Å². The second-order valence-corrected chi connectivity index (χ2v) is 5.81.